The fourth-order valence-corrected chi connectivity index (χ4v) is 4.57. The molecule has 1 N–H and O–H groups in total. The first-order valence-electron chi connectivity index (χ1n) is 9.42. The minimum atomic E-state index is -0.652. The standard InChI is InChI=1S/C20H27NO4/c22-19(25-12-16-5-2-1-3-6-16)21-17-10-20(23,9-15-7-4-8-15)11-18(21)14-24-13-17/h1-3,5-6,15,17-18,23H,4,7-14H2. The van der Waals surface area contributed by atoms with Gasteiger partial charge >= 0.3 is 6.09 Å². The van der Waals surface area contributed by atoms with Crippen LogP contribution < -0.4 is 0 Å². The first-order valence-corrected chi connectivity index (χ1v) is 9.42. The number of benzene rings is 1. The van der Waals surface area contributed by atoms with Crippen molar-refractivity contribution in [1.82, 2.24) is 4.90 Å². The molecule has 2 aliphatic heterocycles. The molecule has 3 fully saturated rings. The molecule has 2 bridgehead atoms. The van der Waals surface area contributed by atoms with Crippen molar-refractivity contribution in [3.05, 3.63) is 35.9 Å². The van der Waals surface area contributed by atoms with Crippen LogP contribution in [0.25, 0.3) is 0 Å². The van der Waals surface area contributed by atoms with E-state index in [0.29, 0.717) is 32.0 Å². The molecular weight excluding hydrogens is 318 g/mol. The average Bonchev–Trinajstić information content (AvgIpc) is 2.56. The normalized spacial score (nSPS) is 32.1. The summed E-state index contributed by atoms with van der Waals surface area (Å²) in [6.45, 7) is 1.26. The van der Waals surface area contributed by atoms with Crippen LogP contribution in [0.15, 0.2) is 30.3 Å². The largest absolute Gasteiger partial charge is 0.445 e. The number of ether oxygens (including phenoxy) is 2. The zero-order valence-electron chi connectivity index (χ0n) is 14.6. The number of aliphatic hydroxyl groups is 1. The van der Waals surface area contributed by atoms with E-state index in [-0.39, 0.29) is 24.8 Å². The number of hydrogen-bond donors (Lipinski definition) is 1. The van der Waals surface area contributed by atoms with E-state index in [1.54, 1.807) is 0 Å². The van der Waals surface area contributed by atoms with Crippen LogP contribution >= 0.6 is 0 Å². The zero-order chi connectivity index (χ0) is 17.3. The number of fused-ring (bicyclic) bond motifs is 2. The van der Waals surface area contributed by atoms with Gasteiger partial charge in [0.05, 0.1) is 30.9 Å². The van der Waals surface area contributed by atoms with Gasteiger partial charge in [-0.2, -0.15) is 0 Å². The lowest BCUT2D eigenvalue weighted by molar-refractivity contribution is -0.142. The molecule has 5 heteroatoms. The Morgan fingerprint density at radius 2 is 1.88 bits per heavy atom. The number of amides is 1. The fourth-order valence-electron chi connectivity index (χ4n) is 4.57. The Morgan fingerprint density at radius 1 is 1.20 bits per heavy atom. The second kappa shape index (κ2) is 6.96. The van der Waals surface area contributed by atoms with E-state index in [4.69, 9.17) is 9.47 Å². The number of morpholine rings is 1. The number of rotatable bonds is 4. The van der Waals surface area contributed by atoms with Crippen molar-refractivity contribution in [2.45, 2.75) is 62.8 Å². The summed E-state index contributed by atoms with van der Waals surface area (Å²) in [5.41, 5.74) is 0.330. The first-order chi connectivity index (χ1) is 12.1. The summed E-state index contributed by atoms with van der Waals surface area (Å²) < 4.78 is 11.2. The van der Waals surface area contributed by atoms with Gasteiger partial charge in [0.15, 0.2) is 0 Å². The third kappa shape index (κ3) is 3.67. The Kier molecular flexibility index (Phi) is 4.69. The highest BCUT2D eigenvalue weighted by atomic mass is 16.6. The highest BCUT2D eigenvalue weighted by Crippen LogP contribution is 2.42. The van der Waals surface area contributed by atoms with Gasteiger partial charge in [-0.05, 0) is 30.7 Å². The summed E-state index contributed by atoms with van der Waals surface area (Å²) in [5.74, 6) is 0.656. The van der Waals surface area contributed by atoms with Crippen LogP contribution in [0.3, 0.4) is 0 Å². The van der Waals surface area contributed by atoms with Crippen LogP contribution in [0.4, 0.5) is 4.79 Å². The van der Waals surface area contributed by atoms with Gasteiger partial charge in [-0.3, -0.25) is 4.90 Å². The fraction of sp³-hybridized carbons (Fsp3) is 0.650. The van der Waals surface area contributed by atoms with Crippen LogP contribution in [0.2, 0.25) is 0 Å². The Hall–Kier alpha value is -1.59. The van der Waals surface area contributed by atoms with Crippen LogP contribution in [0.5, 0.6) is 0 Å². The number of nitrogens with zero attached hydrogens (tertiary/aromatic N) is 1. The van der Waals surface area contributed by atoms with E-state index >= 15 is 0 Å². The SMILES string of the molecule is O=C(OCc1ccccc1)N1C2COCC1CC(O)(CC1CCC1)C2. The van der Waals surface area contributed by atoms with Crippen molar-refractivity contribution in [3.63, 3.8) is 0 Å². The highest BCUT2D eigenvalue weighted by Gasteiger charge is 2.49. The summed E-state index contributed by atoms with van der Waals surface area (Å²) in [7, 11) is 0. The van der Waals surface area contributed by atoms with Crippen LogP contribution in [0, 0.1) is 5.92 Å². The predicted molar refractivity (Wildman–Crippen MR) is 93.0 cm³/mol. The van der Waals surface area contributed by atoms with Gasteiger partial charge < -0.3 is 14.6 Å². The molecule has 1 aliphatic carbocycles. The van der Waals surface area contributed by atoms with Gasteiger partial charge in [0.2, 0.25) is 0 Å². The predicted octanol–water partition coefficient (Wildman–Crippen LogP) is 3.11. The molecule has 2 atom stereocenters. The summed E-state index contributed by atoms with van der Waals surface area (Å²) in [6.07, 6.45) is 5.53. The van der Waals surface area contributed by atoms with E-state index in [1.807, 2.05) is 35.2 Å². The molecule has 1 aromatic carbocycles. The quantitative estimate of drug-likeness (QED) is 0.911. The van der Waals surface area contributed by atoms with Crippen LogP contribution in [-0.4, -0.2) is 47.0 Å². The molecule has 2 heterocycles. The molecule has 136 valence electrons. The van der Waals surface area contributed by atoms with Crippen molar-refractivity contribution < 1.29 is 19.4 Å². The zero-order valence-corrected chi connectivity index (χ0v) is 14.6. The Morgan fingerprint density at radius 3 is 2.48 bits per heavy atom. The minimum absolute atomic E-state index is 0.0825. The molecule has 1 aromatic rings. The Labute approximate surface area is 148 Å². The van der Waals surface area contributed by atoms with Gasteiger partial charge in [-0.15, -0.1) is 0 Å². The first kappa shape index (κ1) is 16.9. The van der Waals surface area contributed by atoms with Gasteiger partial charge in [-0.25, -0.2) is 4.79 Å². The van der Waals surface area contributed by atoms with Gasteiger partial charge in [0.25, 0.3) is 0 Å². The van der Waals surface area contributed by atoms with Crippen molar-refractivity contribution in [1.29, 1.82) is 0 Å². The summed E-state index contributed by atoms with van der Waals surface area (Å²) in [6, 6.07) is 9.55. The number of piperidine rings is 1. The van der Waals surface area contributed by atoms with E-state index in [1.165, 1.54) is 19.3 Å². The number of hydrogen-bond acceptors (Lipinski definition) is 4. The molecule has 25 heavy (non-hydrogen) atoms. The maximum absolute atomic E-state index is 12.7. The molecule has 3 aliphatic rings. The third-order valence-corrected chi connectivity index (χ3v) is 5.95. The van der Waals surface area contributed by atoms with E-state index in [9.17, 15) is 9.90 Å². The van der Waals surface area contributed by atoms with Gasteiger partial charge in [0.1, 0.15) is 6.61 Å². The number of carbonyl (C=O) groups excluding carboxylic acids is 1. The van der Waals surface area contributed by atoms with Gasteiger partial charge in [0, 0.05) is 0 Å². The molecule has 4 rings (SSSR count). The van der Waals surface area contributed by atoms with E-state index in [2.05, 4.69) is 0 Å². The molecule has 2 unspecified atom stereocenters. The second-order valence-electron chi connectivity index (χ2n) is 7.93. The van der Waals surface area contributed by atoms with Crippen molar-refractivity contribution in [2.24, 2.45) is 5.92 Å². The van der Waals surface area contributed by atoms with Crippen LogP contribution in [0.1, 0.15) is 44.1 Å². The monoisotopic (exact) mass is 345 g/mol. The molecule has 0 aromatic heterocycles. The minimum Gasteiger partial charge on any atom is -0.445 e. The molecular formula is C20H27NO4. The summed E-state index contributed by atoms with van der Waals surface area (Å²) >= 11 is 0. The molecule has 1 saturated carbocycles. The average molecular weight is 345 g/mol. The van der Waals surface area contributed by atoms with E-state index < -0.39 is 5.60 Å². The molecule has 5 nitrogen and oxygen atoms in total. The molecule has 2 saturated heterocycles. The summed E-state index contributed by atoms with van der Waals surface area (Å²) in [4.78, 5) is 14.5. The van der Waals surface area contributed by atoms with Crippen LogP contribution in [-0.2, 0) is 16.1 Å². The molecule has 1 amide bonds. The maximum atomic E-state index is 12.7. The number of carbonyl (C=O) groups is 1. The van der Waals surface area contributed by atoms with Crippen molar-refractivity contribution >= 4 is 6.09 Å². The molecule has 0 spiro atoms. The second-order valence-corrected chi connectivity index (χ2v) is 7.93. The van der Waals surface area contributed by atoms with E-state index in [0.717, 1.165) is 12.0 Å². The lowest BCUT2D eigenvalue weighted by Gasteiger charge is -2.52. The smallest absolute Gasteiger partial charge is 0.410 e. The maximum Gasteiger partial charge on any atom is 0.410 e. The van der Waals surface area contributed by atoms with Crippen molar-refractivity contribution in [3.8, 4) is 0 Å². The van der Waals surface area contributed by atoms with Gasteiger partial charge in [-0.1, -0.05) is 49.6 Å². The molecule has 0 radical (unpaired) electrons. The topological polar surface area (TPSA) is 59.0 Å². The third-order valence-electron chi connectivity index (χ3n) is 5.95. The lowest BCUT2D eigenvalue weighted by Crippen LogP contribution is -2.63. The lowest BCUT2D eigenvalue weighted by atomic mass is 9.71. The Bertz CT molecular complexity index is 587. The van der Waals surface area contributed by atoms with Crippen molar-refractivity contribution in [2.75, 3.05) is 13.2 Å². The highest BCUT2D eigenvalue weighted by molar-refractivity contribution is 5.69. The Balaban J connectivity index is 1.39. The summed E-state index contributed by atoms with van der Waals surface area (Å²) in [5, 5.41) is 11.1.